The van der Waals surface area contributed by atoms with Crippen LogP contribution in [0.5, 0.6) is 0 Å². The third kappa shape index (κ3) is 6.33. The van der Waals surface area contributed by atoms with Gasteiger partial charge >= 0.3 is 0 Å². The van der Waals surface area contributed by atoms with Crippen molar-refractivity contribution in [3.63, 3.8) is 0 Å². The van der Waals surface area contributed by atoms with Crippen LogP contribution in [-0.4, -0.2) is 123 Å². The lowest BCUT2D eigenvalue weighted by Crippen LogP contribution is -2.60. The van der Waals surface area contributed by atoms with Crippen molar-refractivity contribution < 1.29 is 8.97 Å². The quantitative estimate of drug-likeness (QED) is 0.472. The minimum Gasteiger partial charge on any atom is -0.324 e. The summed E-state index contributed by atoms with van der Waals surface area (Å²) in [5.41, 5.74) is 0. The molecule has 0 aromatic carbocycles. The average molecular weight is 367 g/mol. The molecule has 23 heavy (non-hydrogen) atoms. The first-order valence-electron chi connectivity index (χ1n) is 9.22. The van der Waals surface area contributed by atoms with Crippen molar-refractivity contribution in [2.75, 3.05) is 104 Å². The average Bonchev–Trinajstić information content (AvgIpc) is 2.53. The lowest BCUT2D eigenvalue weighted by atomic mass is 10.2. The second-order valence-electron chi connectivity index (χ2n) is 8.00. The largest absolute Gasteiger partial charge is 0.324 e. The molecule has 2 heterocycles. The van der Waals surface area contributed by atoms with Crippen molar-refractivity contribution >= 4 is 23.2 Å². The highest BCUT2D eigenvalue weighted by molar-refractivity contribution is 6.18. The van der Waals surface area contributed by atoms with E-state index in [1.807, 2.05) is 0 Å². The van der Waals surface area contributed by atoms with Gasteiger partial charge in [0.05, 0.1) is 53.4 Å². The predicted octanol–water partition coefficient (Wildman–Crippen LogP) is 1.38. The van der Waals surface area contributed by atoms with Crippen LogP contribution in [0.2, 0.25) is 0 Å². The number of halogens is 2. The second kappa shape index (κ2) is 9.21. The van der Waals surface area contributed by atoms with Crippen LogP contribution in [0.1, 0.15) is 6.42 Å². The smallest absolute Gasteiger partial charge is 0.0914 e. The third-order valence-electron chi connectivity index (χ3n) is 6.02. The minimum atomic E-state index is 0.764. The number of hydrogen-bond acceptors (Lipinski definition) is 2. The number of piperazine rings is 2. The van der Waals surface area contributed by atoms with Gasteiger partial charge in [0.2, 0.25) is 0 Å². The van der Waals surface area contributed by atoms with Crippen molar-refractivity contribution in [1.29, 1.82) is 0 Å². The van der Waals surface area contributed by atoms with E-state index in [1.54, 1.807) is 0 Å². The SMILES string of the molecule is C[N+]1(CCC[N+]2(C)CCN(CCCl)CC2)CCN(CCCl)CC1. The molecular formula is C17H36Cl2N4+2. The zero-order chi connectivity index (χ0) is 16.8. The van der Waals surface area contributed by atoms with Crippen molar-refractivity contribution in [2.24, 2.45) is 0 Å². The van der Waals surface area contributed by atoms with Gasteiger partial charge in [0.25, 0.3) is 0 Å². The van der Waals surface area contributed by atoms with E-state index in [1.165, 1.54) is 80.8 Å². The monoisotopic (exact) mass is 366 g/mol. The van der Waals surface area contributed by atoms with E-state index in [0.29, 0.717) is 0 Å². The molecule has 0 aliphatic carbocycles. The Labute approximate surface area is 153 Å². The number of hydrogen-bond donors (Lipinski definition) is 0. The minimum absolute atomic E-state index is 0.764. The second-order valence-corrected chi connectivity index (χ2v) is 8.75. The molecule has 0 saturated carbocycles. The summed E-state index contributed by atoms with van der Waals surface area (Å²) in [6.45, 7) is 14.7. The van der Waals surface area contributed by atoms with Gasteiger partial charge in [-0.3, -0.25) is 9.80 Å². The molecule has 4 nitrogen and oxygen atoms in total. The van der Waals surface area contributed by atoms with Crippen molar-refractivity contribution in [2.45, 2.75) is 6.42 Å². The van der Waals surface area contributed by atoms with Crippen LogP contribution in [-0.2, 0) is 0 Å². The number of rotatable bonds is 8. The summed E-state index contributed by atoms with van der Waals surface area (Å²) in [6, 6.07) is 0. The van der Waals surface area contributed by atoms with Crippen molar-refractivity contribution in [3.05, 3.63) is 0 Å². The van der Waals surface area contributed by atoms with E-state index in [9.17, 15) is 0 Å². The molecule has 0 N–H and O–H groups in total. The first-order valence-corrected chi connectivity index (χ1v) is 10.3. The Morgan fingerprint density at radius 2 is 1.04 bits per heavy atom. The normalized spacial score (nSPS) is 25.6. The highest BCUT2D eigenvalue weighted by Gasteiger charge is 2.31. The van der Waals surface area contributed by atoms with Crippen LogP contribution in [0.15, 0.2) is 0 Å². The maximum absolute atomic E-state index is 5.86. The van der Waals surface area contributed by atoms with Gasteiger partial charge in [0, 0.05) is 57.4 Å². The van der Waals surface area contributed by atoms with Crippen molar-refractivity contribution in [3.8, 4) is 0 Å². The maximum atomic E-state index is 5.86. The molecule has 2 saturated heterocycles. The highest BCUT2D eigenvalue weighted by Crippen LogP contribution is 2.15. The Hall–Kier alpha value is 0.420. The zero-order valence-electron chi connectivity index (χ0n) is 15.2. The molecule has 2 aliphatic rings. The molecule has 0 spiro atoms. The van der Waals surface area contributed by atoms with Crippen LogP contribution in [0.4, 0.5) is 0 Å². The molecule has 2 fully saturated rings. The fraction of sp³-hybridized carbons (Fsp3) is 1.00. The molecule has 0 amide bonds. The Bertz CT molecular complexity index is 305. The van der Waals surface area contributed by atoms with Gasteiger partial charge in [-0.05, 0) is 0 Å². The number of quaternary nitrogens is 2. The van der Waals surface area contributed by atoms with Gasteiger partial charge in [-0.25, -0.2) is 0 Å². The van der Waals surface area contributed by atoms with Gasteiger partial charge in [0.15, 0.2) is 0 Å². The highest BCUT2D eigenvalue weighted by atomic mass is 35.5. The zero-order valence-corrected chi connectivity index (χ0v) is 16.7. The molecule has 0 aromatic rings. The Morgan fingerprint density at radius 1 is 0.696 bits per heavy atom. The van der Waals surface area contributed by atoms with E-state index >= 15 is 0 Å². The lowest BCUT2D eigenvalue weighted by Gasteiger charge is -2.44. The van der Waals surface area contributed by atoms with E-state index in [2.05, 4.69) is 23.9 Å². The van der Waals surface area contributed by atoms with Gasteiger partial charge in [-0.2, -0.15) is 0 Å². The molecule has 0 aromatic heterocycles. The number of likely N-dealkylation sites (N-methyl/N-ethyl adjacent to an activating group) is 2. The standard InChI is InChI=1S/C17H36Cl2N4/c1-22(14-8-20(6-4-18)9-15-22)12-3-13-23(2)16-10-21(7-5-19)11-17-23/h3-17H2,1-2H3/q+2. The van der Waals surface area contributed by atoms with Crippen LogP contribution in [0.3, 0.4) is 0 Å². The Morgan fingerprint density at radius 3 is 1.35 bits per heavy atom. The fourth-order valence-corrected chi connectivity index (χ4v) is 4.42. The first kappa shape index (κ1) is 19.7. The van der Waals surface area contributed by atoms with Gasteiger partial charge in [-0.1, -0.05) is 0 Å². The first-order chi connectivity index (χ1) is 11.0. The summed E-state index contributed by atoms with van der Waals surface area (Å²) in [6.07, 6.45) is 1.35. The molecule has 0 bridgehead atoms. The van der Waals surface area contributed by atoms with Crippen LogP contribution in [0, 0.1) is 0 Å². The molecular weight excluding hydrogens is 331 g/mol. The lowest BCUT2D eigenvalue weighted by molar-refractivity contribution is -0.931. The summed E-state index contributed by atoms with van der Waals surface area (Å²) >= 11 is 11.7. The van der Waals surface area contributed by atoms with Gasteiger partial charge in [0.1, 0.15) is 0 Å². The predicted molar refractivity (Wildman–Crippen MR) is 101 cm³/mol. The topological polar surface area (TPSA) is 6.48 Å². The van der Waals surface area contributed by atoms with E-state index < -0.39 is 0 Å². The number of nitrogens with zero attached hydrogens (tertiary/aromatic N) is 4. The molecule has 0 unspecified atom stereocenters. The summed E-state index contributed by atoms with van der Waals surface area (Å²) in [4.78, 5) is 5.02. The van der Waals surface area contributed by atoms with Crippen LogP contribution >= 0.6 is 23.2 Å². The van der Waals surface area contributed by atoms with Crippen LogP contribution < -0.4 is 0 Å². The molecule has 2 rings (SSSR count). The molecule has 0 atom stereocenters. The Kier molecular flexibility index (Phi) is 7.90. The molecule has 6 heteroatoms. The summed E-state index contributed by atoms with van der Waals surface area (Å²) in [5, 5.41) is 0. The van der Waals surface area contributed by atoms with Crippen molar-refractivity contribution in [1.82, 2.24) is 9.80 Å². The summed E-state index contributed by atoms with van der Waals surface area (Å²) in [7, 11) is 4.88. The fourth-order valence-electron chi connectivity index (χ4n) is 3.95. The molecule has 0 radical (unpaired) electrons. The van der Waals surface area contributed by atoms with Gasteiger partial charge in [-0.15, -0.1) is 23.2 Å². The van der Waals surface area contributed by atoms with E-state index in [4.69, 9.17) is 23.2 Å². The van der Waals surface area contributed by atoms with E-state index in [-0.39, 0.29) is 0 Å². The third-order valence-corrected chi connectivity index (χ3v) is 6.36. The number of alkyl halides is 2. The molecule has 2 aliphatic heterocycles. The maximum Gasteiger partial charge on any atom is 0.0914 e. The van der Waals surface area contributed by atoms with Gasteiger partial charge < -0.3 is 8.97 Å². The Balaban J connectivity index is 1.66. The summed E-state index contributed by atoms with van der Waals surface area (Å²) < 4.78 is 2.49. The van der Waals surface area contributed by atoms with Crippen LogP contribution in [0.25, 0.3) is 0 Å². The summed E-state index contributed by atoms with van der Waals surface area (Å²) in [5.74, 6) is 1.53. The molecule has 136 valence electrons. The van der Waals surface area contributed by atoms with E-state index in [0.717, 1.165) is 24.8 Å².